The van der Waals surface area contributed by atoms with Gasteiger partial charge in [0.2, 0.25) is 0 Å². The lowest BCUT2D eigenvalue weighted by atomic mass is 10.0. The lowest BCUT2D eigenvalue weighted by Crippen LogP contribution is -2.36. The molecule has 1 N–H and O–H groups in total. The van der Waals surface area contributed by atoms with E-state index in [1.165, 1.54) is 19.2 Å². The molecule has 0 aliphatic carbocycles. The van der Waals surface area contributed by atoms with E-state index in [4.69, 9.17) is 14.2 Å². The molecule has 1 aliphatic rings. The van der Waals surface area contributed by atoms with Crippen LogP contribution in [0.4, 0.5) is 4.39 Å². The summed E-state index contributed by atoms with van der Waals surface area (Å²) in [5, 5.41) is 9.86. The Labute approximate surface area is 157 Å². The van der Waals surface area contributed by atoms with E-state index in [1.54, 1.807) is 19.2 Å². The molecule has 1 atom stereocenters. The van der Waals surface area contributed by atoms with Gasteiger partial charge in [-0.3, -0.25) is 9.69 Å². The van der Waals surface area contributed by atoms with E-state index in [1.807, 2.05) is 17.0 Å². The minimum atomic E-state index is -1.04. The van der Waals surface area contributed by atoms with Gasteiger partial charge in [0, 0.05) is 18.7 Å². The van der Waals surface area contributed by atoms with Crippen molar-refractivity contribution in [2.75, 3.05) is 27.4 Å². The van der Waals surface area contributed by atoms with Crippen molar-refractivity contribution in [2.24, 2.45) is 0 Å². The molecule has 2 aromatic carbocycles. The van der Waals surface area contributed by atoms with E-state index in [0.717, 1.165) is 5.56 Å². The molecule has 0 amide bonds. The molecule has 27 heavy (non-hydrogen) atoms. The third kappa shape index (κ3) is 3.98. The largest absolute Gasteiger partial charge is 0.494 e. The summed E-state index contributed by atoms with van der Waals surface area (Å²) >= 11 is 0. The van der Waals surface area contributed by atoms with Crippen LogP contribution in [0.5, 0.6) is 17.2 Å². The third-order valence-corrected chi connectivity index (χ3v) is 4.58. The molecule has 7 heteroatoms. The number of carbonyl (C=O) groups is 1. The van der Waals surface area contributed by atoms with Crippen molar-refractivity contribution in [3.05, 3.63) is 53.3 Å². The molecular formula is C20H22FNO5. The predicted octanol–water partition coefficient (Wildman–Crippen LogP) is 3.25. The number of carboxylic acid groups (broad SMARTS) is 1. The zero-order chi connectivity index (χ0) is 19.4. The van der Waals surface area contributed by atoms with E-state index >= 15 is 0 Å². The van der Waals surface area contributed by atoms with Crippen molar-refractivity contribution in [3.8, 4) is 17.2 Å². The van der Waals surface area contributed by atoms with Gasteiger partial charge < -0.3 is 19.3 Å². The summed E-state index contributed by atoms with van der Waals surface area (Å²) in [6, 6.07) is 8.79. The summed E-state index contributed by atoms with van der Waals surface area (Å²) in [7, 11) is 2.94. The Balaban J connectivity index is 1.97. The third-order valence-electron chi connectivity index (χ3n) is 4.58. The summed E-state index contributed by atoms with van der Waals surface area (Å²) < 4.78 is 30.3. The maximum absolute atomic E-state index is 14.2. The summed E-state index contributed by atoms with van der Waals surface area (Å²) in [6.07, 6.45) is 0.639. The fraction of sp³-hybridized carbons (Fsp3) is 0.350. The van der Waals surface area contributed by atoms with Crippen molar-refractivity contribution in [1.29, 1.82) is 0 Å². The first-order chi connectivity index (χ1) is 13.0. The van der Waals surface area contributed by atoms with Gasteiger partial charge in [-0.25, -0.2) is 4.39 Å². The first kappa shape index (κ1) is 19.0. The van der Waals surface area contributed by atoms with E-state index in [0.29, 0.717) is 43.2 Å². The number of hydrogen-bond donors (Lipinski definition) is 1. The summed E-state index contributed by atoms with van der Waals surface area (Å²) in [5.74, 6) is -0.310. The van der Waals surface area contributed by atoms with Crippen LogP contribution in [0.25, 0.3) is 0 Å². The van der Waals surface area contributed by atoms with Crippen LogP contribution in [0.1, 0.15) is 23.6 Å². The average molecular weight is 375 g/mol. The molecule has 1 aliphatic heterocycles. The molecule has 6 nitrogen and oxygen atoms in total. The van der Waals surface area contributed by atoms with Crippen molar-refractivity contribution >= 4 is 5.97 Å². The quantitative estimate of drug-likeness (QED) is 0.865. The lowest BCUT2D eigenvalue weighted by molar-refractivity contribution is -0.144. The number of carboxylic acids is 1. The Morgan fingerprint density at radius 2 is 2.00 bits per heavy atom. The number of fused-ring (bicyclic) bond motifs is 1. The molecule has 0 aromatic heterocycles. The fourth-order valence-corrected chi connectivity index (χ4v) is 3.33. The molecule has 144 valence electrons. The zero-order valence-corrected chi connectivity index (χ0v) is 15.3. The Morgan fingerprint density at radius 3 is 2.67 bits per heavy atom. The van der Waals surface area contributed by atoms with E-state index in [9.17, 15) is 14.3 Å². The van der Waals surface area contributed by atoms with Gasteiger partial charge in [-0.2, -0.15) is 0 Å². The monoisotopic (exact) mass is 375 g/mol. The average Bonchev–Trinajstić information content (AvgIpc) is 2.63. The standard InChI is InChI=1S/C20H22FNO5/c1-25-16-8-7-13(11-15(16)21)18(20(23)24)22-9-4-10-27-19-14(12-22)5-3-6-17(19)26-2/h3,5-8,11,18H,4,9-10,12H2,1-2H3,(H,23,24)/t18-/m1/s1. The Kier molecular flexibility index (Phi) is 5.81. The SMILES string of the molecule is COc1ccc([C@H](C(=O)O)N2CCCOc3c(cccc3OC)C2)cc1F. The second-order valence-electron chi connectivity index (χ2n) is 6.26. The lowest BCUT2D eigenvalue weighted by Gasteiger charge is -2.32. The van der Waals surface area contributed by atoms with Gasteiger partial charge in [0.25, 0.3) is 0 Å². The Hall–Kier alpha value is -2.80. The molecule has 0 spiro atoms. The highest BCUT2D eigenvalue weighted by molar-refractivity contribution is 5.75. The van der Waals surface area contributed by atoms with Crippen LogP contribution in [-0.2, 0) is 11.3 Å². The molecular weight excluding hydrogens is 353 g/mol. The second kappa shape index (κ2) is 8.26. The fourth-order valence-electron chi connectivity index (χ4n) is 3.33. The van der Waals surface area contributed by atoms with E-state index < -0.39 is 17.8 Å². The number of rotatable bonds is 5. The number of methoxy groups -OCH3 is 2. The minimum Gasteiger partial charge on any atom is -0.494 e. The van der Waals surface area contributed by atoms with Gasteiger partial charge in [0.15, 0.2) is 23.1 Å². The first-order valence-electron chi connectivity index (χ1n) is 8.64. The smallest absolute Gasteiger partial charge is 0.325 e. The van der Waals surface area contributed by atoms with Crippen LogP contribution in [0.2, 0.25) is 0 Å². The molecule has 0 saturated carbocycles. The number of halogens is 1. The molecule has 0 saturated heterocycles. The van der Waals surface area contributed by atoms with Crippen LogP contribution in [0.3, 0.4) is 0 Å². The van der Waals surface area contributed by atoms with Crippen LogP contribution >= 0.6 is 0 Å². The number of nitrogens with zero attached hydrogens (tertiary/aromatic N) is 1. The molecule has 0 unspecified atom stereocenters. The second-order valence-corrected chi connectivity index (χ2v) is 6.26. The zero-order valence-electron chi connectivity index (χ0n) is 15.3. The summed E-state index contributed by atoms with van der Waals surface area (Å²) in [6.45, 7) is 1.28. The van der Waals surface area contributed by atoms with Gasteiger partial charge in [-0.1, -0.05) is 18.2 Å². The maximum Gasteiger partial charge on any atom is 0.325 e. The normalized spacial score (nSPS) is 15.7. The molecule has 2 aromatic rings. The molecule has 3 rings (SSSR count). The van der Waals surface area contributed by atoms with E-state index in [2.05, 4.69) is 0 Å². The minimum absolute atomic E-state index is 0.0824. The first-order valence-corrected chi connectivity index (χ1v) is 8.64. The van der Waals surface area contributed by atoms with Gasteiger partial charge in [0.05, 0.1) is 20.8 Å². The van der Waals surface area contributed by atoms with Crippen LogP contribution in [0.15, 0.2) is 36.4 Å². The maximum atomic E-state index is 14.2. The Morgan fingerprint density at radius 1 is 1.22 bits per heavy atom. The number of ether oxygens (including phenoxy) is 3. The highest BCUT2D eigenvalue weighted by Gasteiger charge is 2.30. The number of aliphatic carboxylic acids is 1. The number of hydrogen-bond acceptors (Lipinski definition) is 5. The van der Waals surface area contributed by atoms with Crippen LogP contribution < -0.4 is 14.2 Å². The van der Waals surface area contributed by atoms with Crippen molar-refractivity contribution in [1.82, 2.24) is 4.90 Å². The number of para-hydroxylation sites is 1. The van der Waals surface area contributed by atoms with Crippen LogP contribution in [-0.4, -0.2) is 43.3 Å². The summed E-state index contributed by atoms with van der Waals surface area (Å²) in [4.78, 5) is 13.9. The molecule has 0 radical (unpaired) electrons. The number of benzene rings is 2. The Bertz CT molecular complexity index is 826. The van der Waals surface area contributed by atoms with Crippen LogP contribution in [0, 0.1) is 5.82 Å². The summed E-state index contributed by atoms with van der Waals surface area (Å²) in [5.41, 5.74) is 1.20. The van der Waals surface area contributed by atoms with Gasteiger partial charge >= 0.3 is 5.97 Å². The highest BCUT2D eigenvalue weighted by atomic mass is 19.1. The molecule has 0 bridgehead atoms. The van der Waals surface area contributed by atoms with E-state index in [-0.39, 0.29) is 5.75 Å². The van der Waals surface area contributed by atoms with Crippen molar-refractivity contribution < 1.29 is 28.5 Å². The van der Waals surface area contributed by atoms with Crippen molar-refractivity contribution in [2.45, 2.75) is 19.0 Å². The van der Waals surface area contributed by atoms with Gasteiger partial charge in [0.1, 0.15) is 6.04 Å². The molecule has 1 heterocycles. The van der Waals surface area contributed by atoms with Gasteiger partial charge in [-0.15, -0.1) is 0 Å². The predicted molar refractivity (Wildman–Crippen MR) is 96.8 cm³/mol. The highest BCUT2D eigenvalue weighted by Crippen LogP contribution is 2.35. The topological polar surface area (TPSA) is 68.2 Å². The van der Waals surface area contributed by atoms with Crippen molar-refractivity contribution in [3.63, 3.8) is 0 Å². The molecule has 0 fully saturated rings. The van der Waals surface area contributed by atoms with Gasteiger partial charge in [-0.05, 0) is 30.2 Å².